The highest BCUT2D eigenvalue weighted by molar-refractivity contribution is 6.31. The van der Waals surface area contributed by atoms with Gasteiger partial charge in [0, 0.05) is 28.7 Å². The molecule has 0 atom stereocenters. The third-order valence-corrected chi connectivity index (χ3v) is 4.52. The van der Waals surface area contributed by atoms with Gasteiger partial charge in [-0.25, -0.2) is 9.97 Å². The fourth-order valence-corrected chi connectivity index (χ4v) is 2.84. The lowest BCUT2D eigenvalue weighted by molar-refractivity contribution is 0.102. The van der Waals surface area contributed by atoms with Gasteiger partial charge in [0.2, 0.25) is 5.95 Å². The van der Waals surface area contributed by atoms with Crippen LogP contribution in [-0.2, 0) is 0 Å². The Morgan fingerprint density at radius 1 is 1.04 bits per heavy atom. The second kappa shape index (κ2) is 7.74. The van der Waals surface area contributed by atoms with E-state index >= 15 is 0 Å². The minimum Gasteiger partial charge on any atom is -0.486 e. The topological polar surface area (TPSA) is 85.4 Å². The smallest absolute Gasteiger partial charge is 0.274 e. The number of hydrogen-bond donors (Lipinski definition) is 2. The highest BCUT2D eigenvalue weighted by Gasteiger charge is 2.14. The second-order valence-electron chi connectivity index (χ2n) is 6.17. The van der Waals surface area contributed by atoms with Gasteiger partial charge in [-0.2, -0.15) is 0 Å². The van der Waals surface area contributed by atoms with Crippen molar-refractivity contribution in [2.24, 2.45) is 0 Å². The zero-order valence-electron chi connectivity index (χ0n) is 15.0. The molecule has 1 amide bonds. The van der Waals surface area contributed by atoms with Crippen molar-refractivity contribution in [3.8, 4) is 11.5 Å². The van der Waals surface area contributed by atoms with E-state index in [-0.39, 0.29) is 11.6 Å². The number of carbonyl (C=O) groups is 1. The highest BCUT2D eigenvalue weighted by atomic mass is 35.5. The van der Waals surface area contributed by atoms with Crippen LogP contribution < -0.4 is 20.1 Å². The maximum Gasteiger partial charge on any atom is 0.274 e. The zero-order chi connectivity index (χ0) is 19.5. The van der Waals surface area contributed by atoms with Crippen molar-refractivity contribution in [1.82, 2.24) is 9.97 Å². The number of carbonyl (C=O) groups excluding carboxylic acids is 1. The average Bonchev–Trinajstić information content (AvgIpc) is 2.71. The van der Waals surface area contributed by atoms with Gasteiger partial charge in [-0.05, 0) is 42.8 Å². The van der Waals surface area contributed by atoms with Gasteiger partial charge < -0.3 is 20.1 Å². The first kappa shape index (κ1) is 18.1. The molecular formula is C20H17ClN4O3. The predicted molar refractivity (Wildman–Crippen MR) is 107 cm³/mol. The number of aryl methyl sites for hydroxylation is 1. The summed E-state index contributed by atoms with van der Waals surface area (Å²) < 4.78 is 11.0. The molecule has 2 heterocycles. The van der Waals surface area contributed by atoms with E-state index in [9.17, 15) is 4.79 Å². The van der Waals surface area contributed by atoms with Crippen molar-refractivity contribution in [3.63, 3.8) is 0 Å². The molecule has 2 N–H and O–H groups in total. The summed E-state index contributed by atoms with van der Waals surface area (Å²) in [6.07, 6.45) is 1.52. The lowest BCUT2D eigenvalue weighted by atomic mass is 10.2. The zero-order valence-corrected chi connectivity index (χ0v) is 15.8. The van der Waals surface area contributed by atoms with Crippen LogP contribution in [0, 0.1) is 6.92 Å². The van der Waals surface area contributed by atoms with Gasteiger partial charge in [0.05, 0.1) is 0 Å². The normalized spacial score (nSPS) is 12.4. The number of rotatable bonds is 4. The third-order valence-electron chi connectivity index (χ3n) is 4.12. The molecule has 28 heavy (non-hydrogen) atoms. The lowest BCUT2D eigenvalue weighted by Gasteiger charge is -2.19. The molecular weight excluding hydrogens is 380 g/mol. The fraction of sp³-hybridized carbons (Fsp3) is 0.150. The number of nitrogens with one attached hydrogen (secondary N) is 2. The van der Waals surface area contributed by atoms with E-state index in [1.165, 1.54) is 6.20 Å². The van der Waals surface area contributed by atoms with Gasteiger partial charge in [0.25, 0.3) is 5.91 Å². The maximum absolute atomic E-state index is 12.6. The SMILES string of the molecule is Cc1ccc(Nc2nccc(C(=O)Nc3ccc4c(c3)OCCO4)n2)cc1Cl. The molecule has 0 saturated carbocycles. The van der Waals surface area contributed by atoms with E-state index in [1.54, 1.807) is 30.3 Å². The number of amides is 1. The van der Waals surface area contributed by atoms with Crippen LogP contribution in [0.3, 0.4) is 0 Å². The Balaban J connectivity index is 1.49. The Labute approximate surface area is 166 Å². The Bertz CT molecular complexity index is 1040. The summed E-state index contributed by atoms with van der Waals surface area (Å²) in [6, 6.07) is 12.3. The van der Waals surface area contributed by atoms with Crippen molar-refractivity contribution < 1.29 is 14.3 Å². The molecule has 8 heteroatoms. The molecule has 0 aliphatic carbocycles. The van der Waals surface area contributed by atoms with Gasteiger partial charge in [-0.1, -0.05) is 17.7 Å². The third kappa shape index (κ3) is 3.99. The first-order valence-electron chi connectivity index (χ1n) is 8.66. The summed E-state index contributed by atoms with van der Waals surface area (Å²) in [5.41, 5.74) is 2.53. The van der Waals surface area contributed by atoms with Crippen LogP contribution >= 0.6 is 11.6 Å². The highest BCUT2D eigenvalue weighted by Crippen LogP contribution is 2.32. The van der Waals surface area contributed by atoms with Crippen LogP contribution in [0.1, 0.15) is 16.1 Å². The number of hydrogen-bond acceptors (Lipinski definition) is 6. The number of aromatic nitrogens is 2. The minimum atomic E-state index is -0.357. The first-order chi connectivity index (χ1) is 13.6. The van der Waals surface area contributed by atoms with E-state index in [0.717, 1.165) is 11.3 Å². The molecule has 1 aliphatic heterocycles. The second-order valence-corrected chi connectivity index (χ2v) is 6.57. The van der Waals surface area contributed by atoms with Gasteiger partial charge in [0.1, 0.15) is 18.9 Å². The molecule has 2 aromatic carbocycles. The van der Waals surface area contributed by atoms with E-state index in [4.69, 9.17) is 21.1 Å². The van der Waals surface area contributed by atoms with Crippen LogP contribution in [0.25, 0.3) is 0 Å². The Kier molecular flexibility index (Phi) is 4.99. The monoisotopic (exact) mass is 396 g/mol. The van der Waals surface area contributed by atoms with E-state index in [0.29, 0.717) is 41.4 Å². The molecule has 1 aliphatic rings. The van der Waals surface area contributed by atoms with Gasteiger partial charge >= 0.3 is 0 Å². The number of fused-ring (bicyclic) bond motifs is 1. The molecule has 0 spiro atoms. The predicted octanol–water partition coefficient (Wildman–Crippen LogP) is 4.21. The molecule has 4 rings (SSSR count). The quantitative estimate of drug-likeness (QED) is 0.687. The Morgan fingerprint density at radius 3 is 2.64 bits per heavy atom. The van der Waals surface area contributed by atoms with E-state index in [2.05, 4.69) is 20.6 Å². The van der Waals surface area contributed by atoms with Gasteiger partial charge in [-0.15, -0.1) is 0 Å². The maximum atomic E-state index is 12.6. The molecule has 7 nitrogen and oxygen atoms in total. The summed E-state index contributed by atoms with van der Waals surface area (Å²) in [4.78, 5) is 21.0. The van der Waals surface area contributed by atoms with Crippen molar-refractivity contribution in [2.45, 2.75) is 6.92 Å². The molecule has 0 saturated heterocycles. The number of ether oxygens (including phenoxy) is 2. The van der Waals surface area contributed by atoms with Crippen LogP contribution in [0.2, 0.25) is 5.02 Å². The number of halogens is 1. The number of benzene rings is 2. The largest absolute Gasteiger partial charge is 0.486 e. The molecule has 0 unspecified atom stereocenters. The van der Waals surface area contributed by atoms with Crippen LogP contribution in [-0.4, -0.2) is 29.1 Å². The summed E-state index contributed by atoms with van der Waals surface area (Å²) in [7, 11) is 0. The Hall–Kier alpha value is -3.32. The molecule has 1 aromatic heterocycles. The van der Waals surface area contributed by atoms with E-state index < -0.39 is 0 Å². The van der Waals surface area contributed by atoms with Crippen LogP contribution in [0.5, 0.6) is 11.5 Å². The van der Waals surface area contributed by atoms with Crippen molar-refractivity contribution in [2.75, 3.05) is 23.8 Å². The van der Waals surface area contributed by atoms with Crippen molar-refractivity contribution >= 4 is 34.8 Å². The summed E-state index contributed by atoms with van der Waals surface area (Å²) in [5.74, 6) is 1.21. The Morgan fingerprint density at radius 2 is 1.82 bits per heavy atom. The van der Waals surface area contributed by atoms with Gasteiger partial charge in [0.15, 0.2) is 11.5 Å². The molecule has 142 valence electrons. The lowest BCUT2D eigenvalue weighted by Crippen LogP contribution is -2.17. The number of anilines is 3. The summed E-state index contributed by atoms with van der Waals surface area (Å²) in [5, 5.41) is 6.49. The van der Waals surface area contributed by atoms with Gasteiger partial charge in [-0.3, -0.25) is 4.79 Å². The minimum absolute atomic E-state index is 0.227. The van der Waals surface area contributed by atoms with Crippen LogP contribution in [0.15, 0.2) is 48.7 Å². The fourth-order valence-electron chi connectivity index (χ4n) is 2.66. The summed E-state index contributed by atoms with van der Waals surface area (Å²) >= 11 is 6.14. The molecule has 0 fully saturated rings. The van der Waals surface area contributed by atoms with Crippen LogP contribution in [0.4, 0.5) is 17.3 Å². The molecule has 0 bridgehead atoms. The number of nitrogens with zero attached hydrogens (tertiary/aromatic N) is 2. The average molecular weight is 397 g/mol. The van der Waals surface area contributed by atoms with Crippen molar-refractivity contribution in [3.05, 3.63) is 64.9 Å². The molecule has 3 aromatic rings. The van der Waals surface area contributed by atoms with Crippen molar-refractivity contribution in [1.29, 1.82) is 0 Å². The standard InChI is InChI=1S/C20H17ClN4O3/c1-12-2-3-13(10-15(12)21)24-20-22-7-6-16(25-20)19(26)23-14-4-5-17-18(11-14)28-9-8-27-17/h2-7,10-11H,8-9H2,1H3,(H,23,26)(H,22,24,25). The van der Waals surface area contributed by atoms with E-state index in [1.807, 2.05) is 19.1 Å². The summed E-state index contributed by atoms with van der Waals surface area (Å²) in [6.45, 7) is 2.92. The first-order valence-corrected chi connectivity index (χ1v) is 9.03. The molecule has 0 radical (unpaired) electrons.